The Morgan fingerprint density at radius 1 is 1.26 bits per heavy atom. The first-order valence-corrected chi connectivity index (χ1v) is 9.13. The first-order valence-electron chi connectivity index (χ1n) is 8.25. The number of piperidine rings is 1. The van der Waals surface area contributed by atoms with Gasteiger partial charge < -0.3 is 4.90 Å². The zero-order chi connectivity index (χ0) is 15.8. The second kappa shape index (κ2) is 6.00. The quantitative estimate of drug-likeness (QED) is 0.868. The predicted octanol–water partition coefficient (Wildman–Crippen LogP) is 3.14. The van der Waals surface area contributed by atoms with Crippen molar-refractivity contribution in [3.05, 3.63) is 39.9 Å². The number of aromatic nitrogens is 3. The first kappa shape index (κ1) is 14.8. The van der Waals surface area contributed by atoms with Crippen LogP contribution in [0.1, 0.15) is 64.5 Å². The number of hydrogen-bond acceptors (Lipinski definition) is 5. The van der Waals surface area contributed by atoms with Crippen LogP contribution < -0.4 is 0 Å². The maximum atomic E-state index is 12.8. The largest absolute Gasteiger partial charge is 0.337 e. The van der Waals surface area contributed by atoms with Crippen LogP contribution in [0, 0.1) is 6.92 Å². The lowest BCUT2D eigenvalue weighted by Crippen LogP contribution is -2.39. The van der Waals surface area contributed by atoms with Gasteiger partial charge in [0.05, 0.1) is 5.01 Å². The second-order valence-corrected chi connectivity index (χ2v) is 7.38. The van der Waals surface area contributed by atoms with Crippen molar-refractivity contribution in [2.45, 2.75) is 44.4 Å². The monoisotopic (exact) mass is 328 g/mol. The third-order valence-electron chi connectivity index (χ3n) is 4.53. The lowest BCUT2D eigenvalue weighted by atomic mass is 9.98. The van der Waals surface area contributed by atoms with Gasteiger partial charge in [0.25, 0.3) is 5.91 Å². The van der Waals surface area contributed by atoms with E-state index in [2.05, 4.69) is 20.3 Å². The molecule has 1 aliphatic heterocycles. The molecule has 3 heterocycles. The second-order valence-electron chi connectivity index (χ2n) is 6.49. The molecule has 1 unspecified atom stereocenters. The van der Waals surface area contributed by atoms with E-state index in [0.717, 1.165) is 55.3 Å². The van der Waals surface area contributed by atoms with Crippen LogP contribution >= 0.6 is 11.3 Å². The molecule has 1 aliphatic carbocycles. The van der Waals surface area contributed by atoms with Gasteiger partial charge in [-0.15, -0.1) is 11.3 Å². The zero-order valence-electron chi connectivity index (χ0n) is 13.2. The van der Waals surface area contributed by atoms with Crippen molar-refractivity contribution in [2.24, 2.45) is 0 Å². The molecular weight excluding hydrogens is 308 g/mol. The summed E-state index contributed by atoms with van der Waals surface area (Å²) in [6.45, 7) is 3.57. The fourth-order valence-corrected chi connectivity index (χ4v) is 4.04. The van der Waals surface area contributed by atoms with E-state index in [1.54, 1.807) is 23.6 Å². The number of aryl methyl sites for hydroxylation is 1. The van der Waals surface area contributed by atoms with E-state index in [1.807, 2.05) is 11.8 Å². The normalized spacial score (nSPS) is 21.4. The number of likely N-dealkylation sites (tertiary alicyclic amines) is 1. The first-order chi connectivity index (χ1) is 11.2. The molecule has 0 bridgehead atoms. The number of carbonyl (C=O) groups is 1. The van der Waals surface area contributed by atoms with Gasteiger partial charge in [-0.25, -0.2) is 15.0 Å². The van der Waals surface area contributed by atoms with Crippen LogP contribution in [0.4, 0.5) is 0 Å². The number of hydrogen-bond donors (Lipinski definition) is 0. The third kappa shape index (κ3) is 3.13. The van der Waals surface area contributed by atoms with Gasteiger partial charge in [-0.05, 0) is 38.7 Å². The molecule has 0 aromatic carbocycles. The molecule has 0 N–H and O–H groups in total. The zero-order valence-corrected chi connectivity index (χ0v) is 14.1. The van der Waals surface area contributed by atoms with Crippen LogP contribution in [0.2, 0.25) is 0 Å². The van der Waals surface area contributed by atoms with E-state index in [4.69, 9.17) is 0 Å². The third-order valence-corrected chi connectivity index (χ3v) is 5.66. The molecule has 2 aliphatic rings. The van der Waals surface area contributed by atoms with Crippen LogP contribution in [0.25, 0.3) is 0 Å². The number of amides is 1. The van der Waals surface area contributed by atoms with Crippen molar-refractivity contribution < 1.29 is 4.79 Å². The summed E-state index contributed by atoms with van der Waals surface area (Å²) in [5, 5.41) is 3.24. The molecule has 2 fully saturated rings. The van der Waals surface area contributed by atoms with Gasteiger partial charge in [0, 0.05) is 42.2 Å². The molecule has 4 rings (SSSR count). The highest BCUT2D eigenvalue weighted by Gasteiger charge is 2.30. The summed E-state index contributed by atoms with van der Waals surface area (Å²) in [6.07, 6.45) is 6.14. The summed E-state index contributed by atoms with van der Waals surface area (Å²) in [5.74, 6) is 1.69. The van der Waals surface area contributed by atoms with Gasteiger partial charge in [-0.2, -0.15) is 0 Å². The van der Waals surface area contributed by atoms with Crippen molar-refractivity contribution in [2.75, 3.05) is 13.1 Å². The molecule has 0 radical (unpaired) electrons. The van der Waals surface area contributed by atoms with E-state index in [-0.39, 0.29) is 5.91 Å². The van der Waals surface area contributed by atoms with Crippen LogP contribution in [0.5, 0.6) is 0 Å². The smallest absolute Gasteiger partial charge is 0.272 e. The maximum absolute atomic E-state index is 12.8. The minimum absolute atomic E-state index is 0.0345. The molecular formula is C17H20N4OS. The lowest BCUT2D eigenvalue weighted by molar-refractivity contribution is 0.0700. The molecule has 6 heteroatoms. The number of rotatable bonds is 3. The Balaban J connectivity index is 1.50. The molecule has 120 valence electrons. The van der Waals surface area contributed by atoms with Gasteiger partial charge >= 0.3 is 0 Å². The van der Waals surface area contributed by atoms with Gasteiger partial charge in [0.15, 0.2) is 0 Å². The highest BCUT2D eigenvalue weighted by atomic mass is 32.1. The Labute approximate surface area is 139 Å². The van der Waals surface area contributed by atoms with Crippen LogP contribution in [-0.2, 0) is 0 Å². The van der Waals surface area contributed by atoms with Gasteiger partial charge in [0.2, 0.25) is 0 Å². The van der Waals surface area contributed by atoms with Crippen molar-refractivity contribution >= 4 is 17.2 Å². The molecule has 0 spiro atoms. The molecule has 23 heavy (non-hydrogen) atoms. The van der Waals surface area contributed by atoms with Gasteiger partial charge in [-0.1, -0.05) is 0 Å². The Hall–Kier alpha value is -1.82. The van der Waals surface area contributed by atoms with E-state index in [0.29, 0.717) is 17.5 Å². The average Bonchev–Trinajstić information content (AvgIpc) is 3.36. The minimum Gasteiger partial charge on any atom is -0.337 e. The predicted molar refractivity (Wildman–Crippen MR) is 88.7 cm³/mol. The summed E-state index contributed by atoms with van der Waals surface area (Å²) in [6, 6.07) is 1.74. The summed E-state index contributed by atoms with van der Waals surface area (Å²) in [5.41, 5.74) is 1.61. The molecule has 1 saturated carbocycles. The number of nitrogens with zero attached hydrogens (tertiary/aromatic N) is 4. The Kier molecular flexibility index (Phi) is 3.85. The summed E-state index contributed by atoms with van der Waals surface area (Å²) < 4.78 is 0. The van der Waals surface area contributed by atoms with Crippen molar-refractivity contribution in [1.82, 2.24) is 19.9 Å². The summed E-state index contributed by atoms with van der Waals surface area (Å²) >= 11 is 1.71. The van der Waals surface area contributed by atoms with E-state index >= 15 is 0 Å². The molecule has 1 amide bonds. The highest BCUT2D eigenvalue weighted by Crippen LogP contribution is 2.37. The van der Waals surface area contributed by atoms with Crippen LogP contribution in [0.15, 0.2) is 17.6 Å². The number of thiazole rings is 1. The topological polar surface area (TPSA) is 59.0 Å². The fraction of sp³-hybridized carbons (Fsp3) is 0.529. The molecule has 1 saturated heterocycles. The van der Waals surface area contributed by atoms with E-state index in [9.17, 15) is 4.79 Å². The average molecular weight is 328 g/mol. The summed E-state index contributed by atoms with van der Waals surface area (Å²) in [7, 11) is 0. The van der Waals surface area contributed by atoms with E-state index in [1.165, 1.54) is 0 Å². The van der Waals surface area contributed by atoms with Crippen molar-refractivity contribution in [3.63, 3.8) is 0 Å². The lowest BCUT2D eigenvalue weighted by Gasteiger charge is -2.31. The van der Waals surface area contributed by atoms with Crippen LogP contribution in [0.3, 0.4) is 0 Å². The standard InChI is InChI=1S/C17H20N4OS/c1-11-10-23-16(19-11)13-3-2-8-21(9-13)17(22)14-6-7-18-15(20-14)12-4-5-12/h6-7,10,12-13H,2-5,8-9H2,1H3. The Morgan fingerprint density at radius 3 is 2.87 bits per heavy atom. The Bertz CT molecular complexity index is 725. The van der Waals surface area contributed by atoms with Crippen LogP contribution in [-0.4, -0.2) is 38.8 Å². The molecule has 5 nitrogen and oxygen atoms in total. The molecule has 1 atom stereocenters. The summed E-state index contributed by atoms with van der Waals surface area (Å²) in [4.78, 5) is 28.1. The SMILES string of the molecule is Cc1csc(C2CCCN(C(=O)c3ccnc(C4CC4)n3)C2)n1. The Morgan fingerprint density at radius 2 is 2.13 bits per heavy atom. The molecule has 2 aromatic rings. The highest BCUT2D eigenvalue weighted by molar-refractivity contribution is 7.09. The van der Waals surface area contributed by atoms with Gasteiger partial charge in [-0.3, -0.25) is 4.79 Å². The maximum Gasteiger partial charge on any atom is 0.272 e. The minimum atomic E-state index is 0.0345. The van der Waals surface area contributed by atoms with Crippen molar-refractivity contribution in [3.8, 4) is 0 Å². The van der Waals surface area contributed by atoms with Gasteiger partial charge in [0.1, 0.15) is 11.5 Å². The van der Waals surface area contributed by atoms with Crippen molar-refractivity contribution in [1.29, 1.82) is 0 Å². The number of carbonyl (C=O) groups excluding carboxylic acids is 1. The van der Waals surface area contributed by atoms with E-state index < -0.39 is 0 Å². The fourth-order valence-electron chi connectivity index (χ4n) is 3.12. The molecule has 2 aromatic heterocycles.